The molecule has 1 aliphatic heterocycles. The van der Waals surface area contributed by atoms with Crippen molar-refractivity contribution in [2.75, 3.05) is 45.7 Å². The minimum atomic E-state index is -0.314. The predicted octanol–water partition coefficient (Wildman–Crippen LogP) is 1.95. The van der Waals surface area contributed by atoms with Gasteiger partial charge in [0.15, 0.2) is 0 Å². The highest BCUT2D eigenvalue weighted by Crippen LogP contribution is 2.29. The van der Waals surface area contributed by atoms with Crippen LogP contribution >= 0.6 is 0 Å². The van der Waals surface area contributed by atoms with Crippen molar-refractivity contribution in [1.29, 1.82) is 0 Å². The molecule has 174 valence electrons. The van der Waals surface area contributed by atoms with Crippen molar-refractivity contribution in [3.05, 3.63) is 23.8 Å². The minimum absolute atomic E-state index is 0.0394. The zero-order valence-electron chi connectivity index (χ0n) is 19.9. The highest BCUT2D eigenvalue weighted by atomic mass is 16.5. The van der Waals surface area contributed by atoms with E-state index >= 15 is 0 Å². The molecule has 3 atom stereocenters. The lowest BCUT2D eigenvalue weighted by molar-refractivity contribution is -0.134. The number of hydrogen-bond acceptors (Lipinski definition) is 5. The summed E-state index contributed by atoms with van der Waals surface area (Å²) in [6.07, 6.45) is -0.115. The van der Waals surface area contributed by atoms with Crippen LogP contribution < -0.4 is 15.0 Å². The zero-order chi connectivity index (χ0) is 23.3. The number of carbonyl (C=O) groups is 2. The molecule has 1 aliphatic rings. The van der Waals surface area contributed by atoms with Gasteiger partial charge in [-0.3, -0.25) is 4.79 Å². The molecule has 8 heteroatoms. The lowest BCUT2D eigenvalue weighted by atomic mass is 10.0. The molecule has 0 saturated heterocycles. The van der Waals surface area contributed by atoms with Crippen molar-refractivity contribution < 1.29 is 19.4 Å². The topological polar surface area (TPSA) is 85.4 Å². The largest absolute Gasteiger partial charge is 0.488 e. The second-order valence-corrected chi connectivity index (χ2v) is 9.06. The van der Waals surface area contributed by atoms with E-state index in [9.17, 15) is 14.7 Å². The first-order valence-electron chi connectivity index (χ1n) is 10.9. The molecule has 0 fully saturated rings. The number of benzene rings is 1. The Bertz CT molecular complexity index is 768. The van der Waals surface area contributed by atoms with Crippen LogP contribution in [0.5, 0.6) is 5.75 Å². The molecular weight excluding hydrogens is 396 g/mol. The van der Waals surface area contributed by atoms with Gasteiger partial charge in [-0.1, -0.05) is 6.92 Å². The first-order valence-corrected chi connectivity index (χ1v) is 10.9. The minimum Gasteiger partial charge on any atom is -0.488 e. The standard InChI is InChI=1S/C23H38N4O4/c1-15(2)24-23(30)26(7)13-21-16(3)12-27(17(4)14-28)22(29)11-18-10-19(25(5)6)8-9-20(18)31-21/h8-10,15-17,21,28H,11-14H2,1-7H3,(H,24,30)/t16-,17+,21-/m1/s1. The number of aliphatic hydroxyl groups is 1. The summed E-state index contributed by atoms with van der Waals surface area (Å²) in [7, 11) is 5.65. The number of carbonyl (C=O) groups excluding carboxylic acids is 2. The summed E-state index contributed by atoms with van der Waals surface area (Å²) in [5.41, 5.74) is 1.79. The fourth-order valence-electron chi connectivity index (χ4n) is 3.62. The Morgan fingerprint density at radius 3 is 2.55 bits per heavy atom. The van der Waals surface area contributed by atoms with Gasteiger partial charge in [-0.25, -0.2) is 4.79 Å². The second kappa shape index (κ2) is 10.7. The van der Waals surface area contributed by atoms with Crippen molar-refractivity contribution >= 4 is 17.6 Å². The van der Waals surface area contributed by atoms with Crippen LogP contribution in [0.2, 0.25) is 0 Å². The number of rotatable bonds is 6. The van der Waals surface area contributed by atoms with Gasteiger partial charge < -0.3 is 29.9 Å². The average molecular weight is 435 g/mol. The Hall–Kier alpha value is -2.48. The summed E-state index contributed by atoms with van der Waals surface area (Å²) >= 11 is 0. The van der Waals surface area contributed by atoms with Gasteiger partial charge in [0.25, 0.3) is 0 Å². The van der Waals surface area contributed by atoms with Crippen molar-refractivity contribution in [1.82, 2.24) is 15.1 Å². The molecule has 0 radical (unpaired) electrons. The third kappa shape index (κ3) is 6.50. The van der Waals surface area contributed by atoms with E-state index < -0.39 is 0 Å². The molecule has 0 aromatic heterocycles. The van der Waals surface area contributed by atoms with Gasteiger partial charge in [0.1, 0.15) is 11.9 Å². The molecule has 1 heterocycles. The maximum Gasteiger partial charge on any atom is 0.317 e. The van der Waals surface area contributed by atoms with Gasteiger partial charge in [-0.05, 0) is 39.0 Å². The Balaban J connectivity index is 2.40. The van der Waals surface area contributed by atoms with E-state index in [0.717, 1.165) is 11.3 Å². The fourth-order valence-corrected chi connectivity index (χ4v) is 3.62. The number of amides is 3. The van der Waals surface area contributed by atoms with Gasteiger partial charge in [0.05, 0.1) is 25.6 Å². The van der Waals surface area contributed by atoms with Crippen molar-refractivity contribution in [2.45, 2.75) is 52.3 Å². The van der Waals surface area contributed by atoms with Crippen LogP contribution in [0, 0.1) is 5.92 Å². The molecule has 1 aromatic carbocycles. The summed E-state index contributed by atoms with van der Waals surface area (Å²) in [6, 6.07) is 5.42. The van der Waals surface area contributed by atoms with Gasteiger partial charge >= 0.3 is 6.03 Å². The molecule has 1 aromatic rings. The Morgan fingerprint density at radius 2 is 1.97 bits per heavy atom. The molecule has 3 amide bonds. The number of anilines is 1. The van der Waals surface area contributed by atoms with Gasteiger partial charge in [-0.15, -0.1) is 0 Å². The Kier molecular flexibility index (Phi) is 8.56. The van der Waals surface area contributed by atoms with Gasteiger partial charge in [-0.2, -0.15) is 0 Å². The normalized spacial score (nSPS) is 20.2. The smallest absolute Gasteiger partial charge is 0.317 e. The van der Waals surface area contributed by atoms with Crippen LogP contribution in [0.15, 0.2) is 18.2 Å². The molecule has 0 unspecified atom stereocenters. The van der Waals surface area contributed by atoms with E-state index in [1.165, 1.54) is 0 Å². The van der Waals surface area contributed by atoms with E-state index in [-0.39, 0.29) is 49.1 Å². The lowest BCUT2D eigenvalue weighted by Crippen LogP contribution is -2.49. The number of nitrogens with zero attached hydrogens (tertiary/aromatic N) is 3. The second-order valence-electron chi connectivity index (χ2n) is 9.06. The summed E-state index contributed by atoms with van der Waals surface area (Å²) in [6.45, 7) is 8.42. The molecule has 0 spiro atoms. The third-order valence-electron chi connectivity index (χ3n) is 5.63. The average Bonchev–Trinajstić information content (AvgIpc) is 2.74. The third-order valence-corrected chi connectivity index (χ3v) is 5.63. The number of fused-ring (bicyclic) bond motifs is 1. The van der Waals surface area contributed by atoms with Crippen molar-refractivity contribution in [3.63, 3.8) is 0 Å². The zero-order valence-corrected chi connectivity index (χ0v) is 19.9. The summed E-state index contributed by atoms with van der Waals surface area (Å²) in [5.74, 6) is 0.569. The first-order chi connectivity index (χ1) is 14.5. The number of hydrogen-bond donors (Lipinski definition) is 2. The number of likely N-dealkylation sites (N-methyl/N-ethyl adjacent to an activating group) is 1. The number of urea groups is 1. The van der Waals surface area contributed by atoms with Crippen LogP contribution in [0.25, 0.3) is 0 Å². The maximum atomic E-state index is 13.1. The monoisotopic (exact) mass is 434 g/mol. The Morgan fingerprint density at radius 1 is 1.29 bits per heavy atom. The summed E-state index contributed by atoms with van der Waals surface area (Å²) in [5, 5.41) is 12.6. The molecule has 0 saturated carbocycles. The SMILES string of the molecule is CC(C)NC(=O)N(C)C[C@H]1Oc2ccc(N(C)C)cc2CC(=O)N([C@@H](C)CO)C[C@H]1C. The molecule has 8 nitrogen and oxygen atoms in total. The molecular formula is C23H38N4O4. The van der Waals surface area contributed by atoms with Crippen LogP contribution in [0.3, 0.4) is 0 Å². The number of ether oxygens (including phenoxy) is 1. The fraction of sp³-hybridized carbons (Fsp3) is 0.652. The number of nitrogens with one attached hydrogen (secondary N) is 1. The molecule has 31 heavy (non-hydrogen) atoms. The lowest BCUT2D eigenvalue weighted by Gasteiger charge is -2.34. The number of aliphatic hydroxyl groups excluding tert-OH is 1. The highest BCUT2D eigenvalue weighted by Gasteiger charge is 2.31. The van der Waals surface area contributed by atoms with Crippen LogP contribution in [0.1, 0.15) is 33.3 Å². The van der Waals surface area contributed by atoms with Crippen molar-refractivity contribution in [3.8, 4) is 5.75 Å². The van der Waals surface area contributed by atoms with E-state index in [2.05, 4.69) is 5.32 Å². The van der Waals surface area contributed by atoms with Gasteiger partial charge in [0.2, 0.25) is 5.91 Å². The Labute approximate surface area is 186 Å². The summed E-state index contributed by atoms with van der Waals surface area (Å²) in [4.78, 5) is 30.9. The quantitative estimate of drug-likeness (QED) is 0.715. The van der Waals surface area contributed by atoms with Crippen molar-refractivity contribution in [2.24, 2.45) is 5.92 Å². The molecule has 2 rings (SSSR count). The maximum absolute atomic E-state index is 13.1. The van der Waals surface area contributed by atoms with E-state index in [1.807, 2.05) is 64.9 Å². The molecule has 0 bridgehead atoms. The van der Waals surface area contributed by atoms with Crippen LogP contribution in [0.4, 0.5) is 10.5 Å². The molecule has 2 N–H and O–H groups in total. The van der Waals surface area contributed by atoms with Gasteiger partial charge in [0, 0.05) is 50.9 Å². The van der Waals surface area contributed by atoms with E-state index in [0.29, 0.717) is 18.8 Å². The predicted molar refractivity (Wildman–Crippen MR) is 123 cm³/mol. The highest BCUT2D eigenvalue weighted by molar-refractivity contribution is 5.80. The first kappa shape index (κ1) is 24.8. The van der Waals surface area contributed by atoms with Crippen LogP contribution in [-0.2, 0) is 11.2 Å². The van der Waals surface area contributed by atoms with E-state index in [4.69, 9.17) is 4.74 Å². The van der Waals surface area contributed by atoms with E-state index in [1.54, 1.807) is 16.8 Å². The van der Waals surface area contributed by atoms with Crippen LogP contribution in [-0.4, -0.2) is 85.9 Å². The summed E-state index contributed by atoms with van der Waals surface area (Å²) < 4.78 is 6.42. The molecule has 0 aliphatic carbocycles.